The Morgan fingerprint density at radius 2 is 1.89 bits per heavy atom. The van der Waals surface area contributed by atoms with Crippen molar-refractivity contribution >= 4 is 23.4 Å². The van der Waals surface area contributed by atoms with E-state index in [9.17, 15) is 4.79 Å². The monoisotopic (exact) mass is 500 g/mol. The number of benzene rings is 1. The SMILES string of the molecule is CCNC(=O)Nc1ccc(-c2nc3c(c(N4[C@H]5CC[C@H]4COC5)n2)CCN(c2cc(C)ncn2)C3)cc1. The molecule has 37 heavy (non-hydrogen) atoms. The number of urea groups is 1. The zero-order valence-corrected chi connectivity index (χ0v) is 21.3. The number of rotatable bonds is 5. The molecule has 0 saturated carbocycles. The van der Waals surface area contributed by atoms with E-state index in [1.165, 1.54) is 5.56 Å². The van der Waals surface area contributed by atoms with Gasteiger partial charge in [0.05, 0.1) is 37.5 Å². The summed E-state index contributed by atoms with van der Waals surface area (Å²) in [6, 6.07) is 10.2. The van der Waals surface area contributed by atoms with Crippen molar-refractivity contribution in [1.29, 1.82) is 0 Å². The number of ether oxygens (including phenoxy) is 1. The lowest BCUT2D eigenvalue weighted by atomic mass is 10.0. The lowest BCUT2D eigenvalue weighted by molar-refractivity contribution is 0.0901. The molecule has 2 fully saturated rings. The average Bonchev–Trinajstić information content (AvgIpc) is 3.15. The summed E-state index contributed by atoms with van der Waals surface area (Å²) in [5.41, 5.74) is 4.87. The van der Waals surface area contributed by atoms with E-state index < -0.39 is 0 Å². The second kappa shape index (κ2) is 9.93. The van der Waals surface area contributed by atoms with E-state index in [2.05, 4.69) is 30.4 Å². The zero-order valence-electron chi connectivity index (χ0n) is 21.3. The molecule has 2 bridgehead atoms. The van der Waals surface area contributed by atoms with Crippen molar-refractivity contribution in [1.82, 2.24) is 25.3 Å². The van der Waals surface area contributed by atoms with Gasteiger partial charge in [0.2, 0.25) is 0 Å². The molecule has 0 unspecified atom stereocenters. The molecule has 1 aromatic carbocycles. The Morgan fingerprint density at radius 1 is 1.11 bits per heavy atom. The quantitative estimate of drug-likeness (QED) is 0.549. The van der Waals surface area contributed by atoms with Gasteiger partial charge in [-0.25, -0.2) is 24.7 Å². The van der Waals surface area contributed by atoms with Crippen molar-refractivity contribution < 1.29 is 9.53 Å². The maximum absolute atomic E-state index is 11.9. The Morgan fingerprint density at radius 3 is 2.62 bits per heavy atom. The molecule has 2 atom stereocenters. The third kappa shape index (κ3) is 4.69. The molecule has 10 nitrogen and oxygen atoms in total. The lowest BCUT2D eigenvalue weighted by Crippen LogP contribution is -2.47. The van der Waals surface area contributed by atoms with Crippen molar-refractivity contribution in [3.8, 4) is 11.4 Å². The summed E-state index contributed by atoms with van der Waals surface area (Å²) in [6.07, 6.45) is 4.75. The number of hydrogen-bond donors (Lipinski definition) is 2. The van der Waals surface area contributed by atoms with Crippen LogP contribution in [0.3, 0.4) is 0 Å². The maximum Gasteiger partial charge on any atom is 0.319 e. The minimum Gasteiger partial charge on any atom is -0.377 e. The van der Waals surface area contributed by atoms with Crippen LogP contribution >= 0.6 is 0 Å². The fourth-order valence-electron chi connectivity index (χ4n) is 5.58. The molecule has 3 aliphatic rings. The normalized spacial score (nSPS) is 20.5. The highest BCUT2D eigenvalue weighted by molar-refractivity contribution is 5.89. The van der Waals surface area contributed by atoms with Crippen LogP contribution in [0.5, 0.6) is 0 Å². The summed E-state index contributed by atoms with van der Waals surface area (Å²) in [4.78, 5) is 35.7. The van der Waals surface area contributed by atoms with Gasteiger partial charge in [-0.15, -0.1) is 0 Å². The maximum atomic E-state index is 11.9. The van der Waals surface area contributed by atoms with E-state index in [4.69, 9.17) is 14.7 Å². The molecule has 6 rings (SSSR count). The number of anilines is 3. The van der Waals surface area contributed by atoms with Crippen molar-refractivity contribution in [2.24, 2.45) is 0 Å². The summed E-state index contributed by atoms with van der Waals surface area (Å²) < 4.78 is 5.87. The molecule has 192 valence electrons. The zero-order chi connectivity index (χ0) is 25.4. The third-order valence-electron chi connectivity index (χ3n) is 7.38. The van der Waals surface area contributed by atoms with E-state index in [1.54, 1.807) is 6.33 Å². The van der Waals surface area contributed by atoms with E-state index in [0.717, 1.165) is 73.3 Å². The molecule has 0 spiro atoms. The first-order chi connectivity index (χ1) is 18.1. The Bertz CT molecular complexity index is 1280. The second-order valence-corrected chi connectivity index (χ2v) is 9.88. The van der Waals surface area contributed by atoms with Crippen LogP contribution in [0.15, 0.2) is 36.7 Å². The number of carbonyl (C=O) groups excluding carboxylic acids is 1. The van der Waals surface area contributed by atoms with E-state index in [-0.39, 0.29) is 6.03 Å². The number of aromatic nitrogens is 4. The van der Waals surface area contributed by atoms with Crippen LogP contribution in [0.2, 0.25) is 0 Å². The molecule has 3 aliphatic heterocycles. The largest absolute Gasteiger partial charge is 0.377 e. The number of carbonyl (C=O) groups is 1. The van der Waals surface area contributed by atoms with E-state index in [1.807, 2.05) is 44.2 Å². The molecule has 2 aromatic heterocycles. The first-order valence-electron chi connectivity index (χ1n) is 13.0. The number of nitrogens with one attached hydrogen (secondary N) is 2. The highest BCUT2D eigenvalue weighted by atomic mass is 16.5. The molecule has 2 saturated heterocycles. The highest BCUT2D eigenvalue weighted by Crippen LogP contribution is 2.38. The Hall–Kier alpha value is -3.79. The molecule has 2 amide bonds. The molecule has 0 radical (unpaired) electrons. The standard InChI is InChI=1S/C27H32N8O2/c1-3-28-27(36)31-19-6-4-18(5-7-19)25-32-23-13-34(24-12-17(2)29-16-30-24)11-10-22(23)26(33-25)35-20-8-9-21(35)15-37-14-20/h4-7,12,16,20-21H,3,8-11,13-15H2,1-2H3,(H2,28,31,36)/t20-,21-/m0/s1. The number of aryl methyl sites for hydroxylation is 1. The Balaban J connectivity index is 1.36. The van der Waals surface area contributed by atoms with Crippen LogP contribution in [0.1, 0.15) is 36.7 Å². The van der Waals surface area contributed by atoms with Gasteiger partial charge in [0.1, 0.15) is 18.0 Å². The molecule has 10 heteroatoms. The Labute approximate surface area is 216 Å². The van der Waals surface area contributed by atoms with Gasteiger partial charge in [-0.2, -0.15) is 0 Å². The number of nitrogens with zero attached hydrogens (tertiary/aromatic N) is 6. The molecule has 3 aromatic rings. The summed E-state index contributed by atoms with van der Waals surface area (Å²) >= 11 is 0. The van der Waals surface area contributed by atoms with Gasteiger partial charge in [-0.3, -0.25) is 0 Å². The van der Waals surface area contributed by atoms with Gasteiger partial charge >= 0.3 is 6.03 Å². The number of morpholine rings is 1. The highest BCUT2D eigenvalue weighted by Gasteiger charge is 2.40. The van der Waals surface area contributed by atoms with Crippen LogP contribution in [0, 0.1) is 6.92 Å². The minimum atomic E-state index is -0.217. The van der Waals surface area contributed by atoms with Crippen molar-refractivity contribution in [2.45, 2.75) is 51.7 Å². The summed E-state index contributed by atoms with van der Waals surface area (Å²) in [7, 11) is 0. The third-order valence-corrected chi connectivity index (χ3v) is 7.38. The van der Waals surface area contributed by atoms with Crippen LogP contribution in [-0.2, 0) is 17.7 Å². The number of fused-ring (bicyclic) bond motifs is 3. The molecular formula is C27H32N8O2. The van der Waals surface area contributed by atoms with Crippen molar-refractivity contribution in [2.75, 3.05) is 41.4 Å². The van der Waals surface area contributed by atoms with Crippen LogP contribution in [-0.4, -0.2) is 64.4 Å². The van der Waals surface area contributed by atoms with Gasteiger partial charge < -0.3 is 25.2 Å². The van der Waals surface area contributed by atoms with Gasteiger partial charge in [-0.1, -0.05) is 0 Å². The summed E-state index contributed by atoms with van der Waals surface area (Å²) in [6.45, 7) is 7.48. The second-order valence-electron chi connectivity index (χ2n) is 9.88. The van der Waals surface area contributed by atoms with Gasteiger partial charge in [0.15, 0.2) is 5.82 Å². The van der Waals surface area contributed by atoms with Crippen LogP contribution in [0.4, 0.5) is 22.1 Å². The smallest absolute Gasteiger partial charge is 0.319 e. The van der Waals surface area contributed by atoms with Gasteiger partial charge in [0, 0.05) is 41.7 Å². The van der Waals surface area contributed by atoms with Crippen molar-refractivity contribution in [3.05, 3.63) is 53.6 Å². The minimum absolute atomic E-state index is 0.217. The van der Waals surface area contributed by atoms with Crippen LogP contribution in [0.25, 0.3) is 11.4 Å². The first kappa shape index (κ1) is 23.6. The fraction of sp³-hybridized carbons (Fsp3) is 0.444. The fourth-order valence-corrected chi connectivity index (χ4v) is 5.58. The summed E-state index contributed by atoms with van der Waals surface area (Å²) in [5, 5.41) is 5.60. The summed E-state index contributed by atoms with van der Waals surface area (Å²) in [5.74, 6) is 2.68. The average molecular weight is 501 g/mol. The molecule has 2 N–H and O–H groups in total. The topological polar surface area (TPSA) is 108 Å². The van der Waals surface area contributed by atoms with Crippen molar-refractivity contribution in [3.63, 3.8) is 0 Å². The van der Waals surface area contributed by atoms with Gasteiger partial charge in [-0.05, 0) is 57.4 Å². The van der Waals surface area contributed by atoms with Gasteiger partial charge in [0.25, 0.3) is 0 Å². The molecule has 0 aliphatic carbocycles. The first-order valence-corrected chi connectivity index (χ1v) is 13.0. The number of hydrogen-bond acceptors (Lipinski definition) is 8. The Kier molecular flexibility index (Phi) is 6.33. The molecule has 5 heterocycles. The predicted octanol–water partition coefficient (Wildman–Crippen LogP) is 3.31. The lowest BCUT2D eigenvalue weighted by Gasteiger charge is -2.39. The van der Waals surface area contributed by atoms with E-state index in [0.29, 0.717) is 31.0 Å². The predicted molar refractivity (Wildman–Crippen MR) is 142 cm³/mol. The van der Waals surface area contributed by atoms with E-state index >= 15 is 0 Å². The number of amides is 2. The van der Waals surface area contributed by atoms with Crippen LogP contribution < -0.4 is 20.4 Å². The molecular weight excluding hydrogens is 468 g/mol.